The molecule has 0 saturated heterocycles. The first-order valence-corrected chi connectivity index (χ1v) is 7.77. The molecule has 1 aromatic heterocycles. The van der Waals surface area contributed by atoms with Crippen LogP contribution in [0.25, 0.3) is 0 Å². The van der Waals surface area contributed by atoms with Gasteiger partial charge in [-0.1, -0.05) is 18.5 Å². The number of nitrogens with one attached hydrogen (secondary N) is 1. The first kappa shape index (κ1) is 14.9. The highest BCUT2D eigenvalue weighted by atomic mass is 32.2. The molecule has 0 radical (unpaired) electrons. The Labute approximate surface area is 111 Å². The summed E-state index contributed by atoms with van der Waals surface area (Å²) in [6.07, 6.45) is 1.19. The molecule has 4 N–H and O–H groups in total. The second-order valence-corrected chi connectivity index (χ2v) is 7.08. The fourth-order valence-electron chi connectivity index (χ4n) is 1.43. The van der Waals surface area contributed by atoms with Crippen LogP contribution in [0.5, 0.6) is 0 Å². The SMILES string of the molecule is CCCC(NS(=O)(=O)c1ccc(C)s1)/C(N)=N/O. The molecule has 0 bridgehead atoms. The molecule has 0 aliphatic heterocycles. The zero-order valence-electron chi connectivity index (χ0n) is 10.3. The number of sulfonamides is 1. The molecule has 1 heterocycles. The second-order valence-electron chi connectivity index (χ2n) is 3.85. The summed E-state index contributed by atoms with van der Waals surface area (Å²) in [5.41, 5.74) is 5.47. The van der Waals surface area contributed by atoms with Crippen LogP contribution >= 0.6 is 11.3 Å². The number of aryl methyl sites for hydroxylation is 1. The predicted molar refractivity (Wildman–Crippen MR) is 71.5 cm³/mol. The van der Waals surface area contributed by atoms with E-state index in [4.69, 9.17) is 10.9 Å². The molecule has 1 unspecified atom stereocenters. The highest BCUT2D eigenvalue weighted by Gasteiger charge is 2.23. The average molecular weight is 291 g/mol. The first-order chi connectivity index (χ1) is 8.40. The molecule has 0 fully saturated rings. The van der Waals surface area contributed by atoms with E-state index in [1.807, 2.05) is 13.8 Å². The summed E-state index contributed by atoms with van der Waals surface area (Å²) in [7, 11) is -3.62. The minimum Gasteiger partial charge on any atom is -0.409 e. The van der Waals surface area contributed by atoms with Gasteiger partial charge in [0.1, 0.15) is 4.21 Å². The van der Waals surface area contributed by atoms with Gasteiger partial charge in [0.25, 0.3) is 10.0 Å². The van der Waals surface area contributed by atoms with Crippen molar-refractivity contribution in [2.75, 3.05) is 0 Å². The van der Waals surface area contributed by atoms with Gasteiger partial charge in [0.15, 0.2) is 5.84 Å². The summed E-state index contributed by atoms with van der Waals surface area (Å²) in [6, 6.07) is 2.59. The molecule has 1 rings (SSSR count). The number of hydrogen-bond acceptors (Lipinski definition) is 5. The zero-order valence-corrected chi connectivity index (χ0v) is 11.9. The van der Waals surface area contributed by atoms with E-state index in [0.717, 1.165) is 4.88 Å². The molecule has 0 spiro atoms. The van der Waals surface area contributed by atoms with Crippen molar-refractivity contribution in [3.05, 3.63) is 17.0 Å². The molecule has 1 atom stereocenters. The topological polar surface area (TPSA) is 105 Å². The van der Waals surface area contributed by atoms with Crippen molar-refractivity contribution in [1.29, 1.82) is 0 Å². The Morgan fingerprint density at radius 2 is 2.28 bits per heavy atom. The average Bonchev–Trinajstić information content (AvgIpc) is 2.75. The van der Waals surface area contributed by atoms with Crippen LogP contribution < -0.4 is 10.5 Å². The first-order valence-electron chi connectivity index (χ1n) is 5.47. The van der Waals surface area contributed by atoms with E-state index in [1.165, 1.54) is 17.4 Å². The van der Waals surface area contributed by atoms with Gasteiger partial charge in [0.05, 0.1) is 6.04 Å². The number of thiophene rings is 1. The Morgan fingerprint density at radius 1 is 1.61 bits per heavy atom. The molecule has 1 aromatic rings. The molecular formula is C10H17N3O3S2. The largest absolute Gasteiger partial charge is 0.409 e. The molecule has 102 valence electrons. The number of rotatable bonds is 6. The molecule has 0 aliphatic rings. The van der Waals surface area contributed by atoms with Gasteiger partial charge in [-0.05, 0) is 25.5 Å². The maximum absolute atomic E-state index is 12.1. The second kappa shape index (κ2) is 6.17. The molecule has 18 heavy (non-hydrogen) atoms. The van der Waals surface area contributed by atoms with Crippen LogP contribution in [-0.4, -0.2) is 25.5 Å². The Kier molecular flexibility index (Phi) is 5.12. The molecule has 0 aliphatic carbocycles. The van der Waals surface area contributed by atoms with Crippen molar-refractivity contribution in [3.63, 3.8) is 0 Å². The summed E-state index contributed by atoms with van der Waals surface area (Å²) in [5.74, 6) is -0.131. The predicted octanol–water partition coefficient (Wildman–Crippen LogP) is 1.25. The fourth-order valence-corrected chi connectivity index (χ4v) is 3.97. The minimum atomic E-state index is -3.62. The van der Waals surface area contributed by atoms with Crippen LogP contribution in [0.3, 0.4) is 0 Å². The lowest BCUT2D eigenvalue weighted by atomic mass is 10.2. The van der Waals surface area contributed by atoms with E-state index in [9.17, 15) is 8.42 Å². The Balaban J connectivity index is 2.93. The van der Waals surface area contributed by atoms with Crippen molar-refractivity contribution in [3.8, 4) is 0 Å². The quantitative estimate of drug-likeness (QED) is 0.317. The molecule has 0 aromatic carbocycles. The standard InChI is InChI=1S/C10H17N3O3S2/c1-3-4-8(10(11)12-14)13-18(15,16)9-6-5-7(2)17-9/h5-6,8,13-14H,3-4H2,1-2H3,(H2,11,12). The minimum absolute atomic E-state index is 0.131. The lowest BCUT2D eigenvalue weighted by Gasteiger charge is -2.15. The lowest BCUT2D eigenvalue weighted by molar-refractivity contribution is 0.315. The summed E-state index contributed by atoms with van der Waals surface area (Å²) in [5, 5.41) is 11.5. The van der Waals surface area contributed by atoms with Crippen LogP contribution in [0.2, 0.25) is 0 Å². The molecule has 8 heteroatoms. The van der Waals surface area contributed by atoms with Crippen molar-refractivity contribution in [1.82, 2.24) is 4.72 Å². The van der Waals surface area contributed by atoms with E-state index in [-0.39, 0.29) is 10.0 Å². The van der Waals surface area contributed by atoms with E-state index >= 15 is 0 Å². The van der Waals surface area contributed by atoms with E-state index in [2.05, 4.69) is 9.88 Å². The number of nitrogens with zero attached hydrogens (tertiary/aromatic N) is 1. The monoisotopic (exact) mass is 291 g/mol. The third-order valence-corrected chi connectivity index (χ3v) is 5.29. The lowest BCUT2D eigenvalue weighted by Crippen LogP contribution is -2.44. The molecule has 6 nitrogen and oxygen atoms in total. The highest BCUT2D eigenvalue weighted by Crippen LogP contribution is 2.20. The molecular weight excluding hydrogens is 274 g/mol. The molecule has 0 amide bonds. The highest BCUT2D eigenvalue weighted by molar-refractivity contribution is 7.91. The smallest absolute Gasteiger partial charge is 0.250 e. The number of nitrogens with two attached hydrogens (primary N) is 1. The maximum Gasteiger partial charge on any atom is 0.250 e. The normalized spacial score (nSPS) is 14.7. The Bertz CT molecular complexity index is 522. The van der Waals surface area contributed by atoms with Crippen molar-refractivity contribution in [2.24, 2.45) is 10.9 Å². The summed E-state index contributed by atoms with van der Waals surface area (Å²) in [6.45, 7) is 3.72. The van der Waals surface area contributed by atoms with Crippen molar-refractivity contribution in [2.45, 2.75) is 36.9 Å². The maximum atomic E-state index is 12.1. The van der Waals surface area contributed by atoms with Gasteiger partial charge in [0.2, 0.25) is 0 Å². The third-order valence-electron chi connectivity index (χ3n) is 2.33. The van der Waals surface area contributed by atoms with Gasteiger partial charge in [-0.15, -0.1) is 11.3 Å². The summed E-state index contributed by atoms with van der Waals surface area (Å²) >= 11 is 1.18. The number of oxime groups is 1. The van der Waals surface area contributed by atoms with Crippen LogP contribution in [0, 0.1) is 6.92 Å². The Hall–Kier alpha value is -1.12. The van der Waals surface area contributed by atoms with Crippen LogP contribution in [0.4, 0.5) is 0 Å². The van der Waals surface area contributed by atoms with Gasteiger partial charge >= 0.3 is 0 Å². The van der Waals surface area contributed by atoms with Crippen LogP contribution in [0.1, 0.15) is 24.6 Å². The molecule has 0 saturated carbocycles. The summed E-state index contributed by atoms with van der Waals surface area (Å²) in [4.78, 5) is 0.909. The van der Waals surface area contributed by atoms with Gasteiger partial charge in [-0.25, -0.2) is 8.42 Å². The summed E-state index contributed by atoms with van der Waals surface area (Å²) < 4.78 is 26.8. The van der Waals surface area contributed by atoms with Crippen molar-refractivity contribution < 1.29 is 13.6 Å². The van der Waals surface area contributed by atoms with Gasteiger partial charge < -0.3 is 10.9 Å². The number of hydrogen-bond donors (Lipinski definition) is 3. The van der Waals surface area contributed by atoms with E-state index < -0.39 is 16.1 Å². The number of amidine groups is 1. The van der Waals surface area contributed by atoms with Gasteiger partial charge in [-0.2, -0.15) is 4.72 Å². The fraction of sp³-hybridized carbons (Fsp3) is 0.500. The van der Waals surface area contributed by atoms with E-state index in [1.54, 1.807) is 6.07 Å². The third kappa shape index (κ3) is 3.69. The van der Waals surface area contributed by atoms with E-state index in [0.29, 0.717) is 12.8 Å². The van der Waals surface area contributed by atoms with Crippen molar-refractivity contribution >= 4 is 27.2 Å². The van der Waals surface area contributed by atoms with Gasteiger partial charge in [-0.3, -0.25) is 0 Å². The zero-order chi connectivity index (χ0) is 13.8. The van der Waals surface area contributed by atoms with Gasteiger partial charge in [0, 0.05) is 4.88 Å². The van der Waals surface area contributed by atoms with Crippen LogP contribution in [0.15, 0.2) is 21.5 Å². The van der Waals surface area contributed by atoms with Crippen LogP contribution in [-0.2, 0) is 10.0 Å². The Morgan fingerprint density at radius 3 is 2.72 bits per heavy atom.